The Balaban J connectivity index is 1.62. The Morgan fingerprint density at radius 1 is 1.09 bits per heavy atom. The molecule has 2 aromatic rings. The number of aryl methyl sites for hydroxylation is 1. The molecule has 0 spiro atoms. The van der Waals surface area contributed by atoms with E-state index in [1.807, 2.05) is 9.80 Å². The van der Waals surface area contributed by atoms with Crippen LogP contribution in [-0.2, 0) is 16.0 Å². The Hall–Kier alpha value is -2.14. The summed E-state index contributed by atoms with van der Waals surface area (Å²) in [5.74, 6) is 0.519. The predicted octanol–water partition coefficient (Wildman–Crippen LogP) is 5.74. The van der Waals surface area contributed by atoms with Crippen LogP contribution in [0.25, 0.3) is 0 Å². The largest absolute Gasteiger partial charge is 0.330 e. The van der Waals surface area contributed by atoms with Crippen LogP contribution in [0.2, 0.25) is 0 Å². The fourth-order valence-corrected chi connectivity index (χ4v) is 6.23. The van der Waals surface area contributed by atoms with Crippen LogP contribution in [0.15, 0.2) is 35.7 Å². The third-order valence-electron chi connectivity index (χ3n) is 6.99. The van der Waals surface area contributed by atoms with Gasteiger partial charge in [-0.15, -0.1) is 11.3 Å². The maximum Gasteiger partial charge on any atom is 0.243 e. The summed E-state index contributed by atoms with van der Waals surface area (Å²) in [6, 6.07) is 10.7. The highest BCUT2D eigenvalue weighted by Gasteiger charge is 2.36. The Labute approximate surface area is 196 Å². The number of carbonyl (C=O) groups excluding carboxylic acids is 2. The second-order valence-corrected chi connectivity index (χ2v) is 10.8. The molecule has 1 aliphatic heterocycles. The van der Waals surface area contributed by atoms with Crippen molar-refractivity contribution in [3.05, 3.63) is 57.3 Å². The summed E-state index contributed by atoms with van der Waals surface area (Å²) in [6.07, 6.45) is 6.99. The van der Waals surface area contributed by atoms with E-state index in [2.05, 4.69) is 56.5 Å². The van der Waals surface area contributed by atoms with Gasteiger partial charge < -0.3 is 9.80 Å². The molecule has 5 heteroatoms. The third-order valence-corrected chi connectivity index (χ3v) is 7.99. The summed E-state index contributed by atoms with van der Waals surface area (Å²) in [7, 11) is 0. The Bertz CT molecular complexity index is 945. The molecule has 4 rings (SSSR count). The first-order valence-corrected chi connectivity index (χ1v) is 13.0. The van der Waals surface area contributed by atoms with Crippen molar-refractivity contribution in [3.63, 3.8) is 0 Å². The van der Waals surface area contributed by atoms with Gasteiger partial charge in [0.1, 0.15) is 6.54 Å². The van der Waals surface area contributed by atoms with E-state index in [9.17, 15) is 9.59 Å². The molecule has 4 nitrogen and oxygen atoms in total. The Morgan fingerprint density at radius 3 is 2.56 bits per heavy atom. The molecule has 0 bridgehead atoms. The van der Waals surface area contributed by atoms with Gasteiger partial charge in [0.05, 0.1) is 6.04 Å². The van der Waals surface area contributed by atoms with Crippen molar-refractivity contribution in [1.29, 1.82) is 0 Å². The predicted molar refractivity (Wildman–Crippen MR) is 131 cm³/mol. The molecule has 0 N–H and O–H groups in total. The van der Waals surface area contributed by atoms with Gasteiger partial charge >= 0.3 is 0 Å². The second-order valence-electron chi connectivity index (χ2n) is 9.81. The molecule has 0 saturated heterocycles. The van der Waals surface area contributed by atoms with Crippen molar-refractivity contribution in [2.45, 2.75) is 77.8 Å². The van der Waals surface area contributed by atoms with Crippen molar-refractivity contribution in [2.24, 2.45) is 5.92 Å². The summed E-state index contributed by atoms with van der Waals surface area (Å²) >= 11 is 1.79. The fourth-order valence-electron chi connectivity index (χ4n) is 5.33. The smallest absolute Gasteiger partial charge is 0.243 e. The molecule has 2 aliphatic rings. The van der Waals surface area contributed by atoms with Crippen LogP contribution in [0.5, 0.6) is 0 Å². The first kappa shape index (κ1) is 23.0. The number of fused-ring (bicyclic) bond motifs is 1. The van der Waals surface area contributed by atoms with E-state index in [-0.39, 0.29) is 30.4 Å². The van der Waals surface area contributed by atoms with Crippen LogP contribution in [0.4, 0.5) is 0 Å². The lowest BCUT2D eigenvalue weighted by Gasteiger charge is -2.40. The minimum atomic E-state index is -0.0629. The number of amides is 2. The maximum absolute atomic E-state index is 13.8. The van der Waals surface area contributed by atoms with E-state index in [0.717, 1.165) is 32.1 Å². The van der Waals surface area contributed by atoms with Crippen LogP contribution in [0.1, 0.15) is 80.0 Å². The number of hydrogen-bond acceptors (Lipinski definition) is 3. The topological polar surface area (TPSA) is 40.6 Å². The maximum atomic E-state index is 13.8. The van der Waals surface area contributed by atoms with Crippen molar-refractivity contribution >= 4 is 23.2 Å². The van der Waals surface area contributed by atoms with Crippen molar-refractivity contribution < 1.29 is 9.59 Å². The van der Waals surface area contributed by atoms with E-state index < -0.39 is 0 Å². The van der Waals surface area contributed by atoms with Gasteiger partial charge in [0, 0.05) is 23.9 Å². The monoisotopic (exact) mass is 452 g/mol. The summed E-state index contributed by atoms with van der Waals surface area (Å²) in [5.41, 5.74) is 3.65. The Kier molecular flexibility index (Phi) is 7.34. The highest BCUT2D eigenvalue weighted by atomic mass is 32.1. The average Bonchev–Trinajstić information content (AvgIpc) is 3.26. The van der Waals surface area contributed by atoms with Gasteiger partial charge in [-0.1, -0.05) is 57.4 Å². The highest BCUT2D eigenvalue weighted by Crippen LogP contribution is 2.39. The van der Waals surface area contributed by atoms with E-state index in [0.29, 0.717) is 18.9 Å². The number of hydrogen-bond donors (Lipinski definition) is 0. The molecule has 0 radical (unpaired) electrons. The molecule has 2 heterocycles. The lowest BCUT2D eigenvalue weighted by Crippen LogP contribution is -2.50. The van der Waals surface area contributed by atoms with Crippen molar-refractivity contribution in [3.8, 4) is 0 Å². The quantitative estimate of drug-likeness (QED) is 0.561. The zero-order valence-electron chi connectivity index (χ0n) is 19.7. The average molecular weight is 453 g/mol. The second kappa shape index (κ2) is 10.2. The number of thiophene rings is 1. The molecule has 1 aromatic carbocycles. The molecule has 1 unspecified atom stereocenters. The first-order valence-electron chi connectivity index (χ1n) is 12.2. The molecule has 1 atom stereocenters. The molecule has 172 valence electrons. The van der Waals surface area contributed by atoms with Crippen LogP contribution in [-0.4, -0.2) is 40.7 Å². The lowest BCUT2D eigenvalue weighted by atomic mass is 9.90. The van der Waals surface area contributed by atoms with Gasteiger partial charge in [-0.05, 0) is 60.2 Å². The molecular weight excluding hydrogens is 416 g/mol. The van der Waals surface area contributed by atoms with Gasteiger partial charge in [0.25, 0.3) is 0 Å². The van der Waals surface area contributed by atoms with E-state index in [1.165, 1.54) is 28.0 Å². The zero-order chi connectivity index (χ0) is 22.7. The third kappa shape index (κ3) is 4.93. The summed E-state index contributed by atoms with van der Waals surface area (Å²) in [6.45, 7) is 7.20. The SMILES string of the molecule is Cc1ccccc1C1c2ccsc2CCN1C(=O)CN(C(=O)CC(C)C)C1CCCCC1. The van der Waals surface area contributed by atoms with Crippen molar-refractivity contribution in [2.75, 3.05) is 13.1 Å². The lowest BCUT2D eigenvalue weighted by molar-refractivity contribution is -0.144. The van der Waals surface area contributed by atoms with Gasteiger partial charge in [0.15, 0.2) is 0 Å². The Morgan fingerprint density at radius 2 is 1.84 bits per heavy atom. The molecule has 1 aromatic heterocycles. The van der Waals surface area contributed by atoms with Crippen molar-refractivity contribution in [1.82, 2.24) is 9.80 Å². The van der Waals surface area contributed by atoms with Gasteiger partial charge in [-0.3, -0.25) is 9.59 Å². The number of benzene rings is 1. The van der Waals surface area contributed by atoms with Crippen LogP contribution < -0.4 is 0 Å². The standard InChI is InChI=1S/C27H36N2O2S/c1-19(2)17-25(30)29(21-10-5-4-6-11-21)18-26(31)28-15-13-24-23(14-16-32-24)27(28)22-12-8-7-9-20(22)3/h7-9,12,14,16,19,21,27H,4-6,10-11,13,15,17-18H2,1-3H3. The molecule has 32 heavy (non-hydrogen) atoms. The summed E-state index contributed by atoms with van der Waals surface area (Å²) in [4.78, 5) is 32.3. The molecule has 1 aliphatic carbocycles. The van der Waals surface area contributed by atoms with Crippen LogP contribution in [0.3, 0.4) is 0 Å². The highest BCUT2D eigenvalue weighted by molar-refractivity contribution is 7.10. The van der Waals surface area contributed by atoms with Crippen LogP contribution in [0, 0.1) is 12.8 Å². The molecule has 1 saturated carbocycles. The molecule has 2 amide bonds. The minimum absolute atomic E-state index is 0.0629. The van der Waals surface area contributed by atoms with E-state index >= 15 is 0 Å². The number of carbonyl (C=O) groups is 2. The first-order chi connectivity index (χ1) is 15.5. The fraction of sp³-hybridized carbons (Fsp3) is 0.556. The normalized spacial score (nSPS) is 19.1. The van der Waals surface area contributed by atoms with Crippen LogP contribution >= 0.6 is 11.3 Å². The molecule has 1 fully saturated rings. The van der Waals surface area contributed by atoms with E-state index in [4.69, 9.17) is 0 Å². The minimum Gasteiger partial charge on any atom is -0.330 e. The summed E-state index contributed by atoms with van der Waals surface area (Å²) in [5, 5.41) is 2.14. The van der Waals surface area contributed by atoms with Gasteiger partial charge in [-0.25, -0.2) is 0 Å². The van der Waals surface area contributed by atoms with E-state index in [1.54, 1.807) is 11.3 Å². The number of nitrogens with zero attached hydrogens (tertiary/aromatic N) is 2. The summed E-state index contributed by atoms with van der Waals surface area (Å²) < 4.78 is 0. The van der Waals surface area contributed by atoms with Gasteiger partial charge in [-0.2, -0.15) is 0 Å². The number of rotatable bonds is 6. The zero-order valence-corrected chi connectivity index (χ0v) is 20.5. The molecular formula is C27H36N2O2S. The van der Waals surface area contributed by atoms with Gasteiger partial charge in [0.2, 0.25) is 11.8 Å².